The van der Waals surface area contributed by atoms with Crippen LogP contribution in [0.4, 0.5) is 0 Å². The molecule has 0 aromatic carbocycles. The van der Waals surface area contributed by atoms with Crippen molar-refractivity contribution in [2.24, 2.45) is 0 Å². The third-order valence-corrected chi connectivity index (χ3v) is 5.22. The predicted octanol–water partition coefficient (Wildman–Crippen LogP) is -1.15. The van der Waals surface area contributed by atoms with Crippen molar-refractivity contribution in [3.8, 4) is 0 Å². The molecule has 17 heavy (non-hydrogen) atoms. The van der Waals surface area contributed by atoms with Crippen molar-refractivity contribution in [1.29, 1.82) is 0 Å². The predicted molar refractivity (Wildman–Crippen MR) is 58.5 cm³/mol. The molecule has 98 valence electrons. The molecule has 0 radical (unpaired) electrons. The van der Waals surface area contributed by atoms with Crippen molar-refractivity contribution >= 4 is 16.2 Å². The van der Waals surface area contributed by atoms with Gasteiger partial charge in [-0.25, -0.2) is 0 Å². The number of carboxylic acids is 1. The second kappa shape index (κ2) is 4.52. The van der Waals surface area contributed by atoms with E-state index >= 15 is 0 Å². The van der Waals surface area contributed by atoms with Gasteiger partial charge < -0.3 is 10.2 Å². The molecule has 1 unspecified atom stereocenters. The summed E-state index contributed by atoms with van der Waals surface area (Å²) in [6.07, 6.45) is 0.664. The highest BCUT2D eigenvalue weighted by Gasteiger charge is 2.45. The van der Waals surface area contributed by atoms with Crippen LogP contribution in [0.15, 0.2) is 0 Å². The second-order valence-electron chi connectivity index (χ2n) is 4.43. The van der Waals surface area contributed by atoms with E-state index in [4.69, 9.17) is 5.11 Å². The molecule has 2 atom stereocenters. The Morgan fingerprint density at radius 1 is 1.24 bits per heavy atom. The maximum atomic E-state index is 12.2. The van der Waals surface area contributed by atoms with E-state index in [2.05, 4.69) is 0 Å². The SMILES string of the molecule is O=C(O)[C@@H]1CC(O)CN1S(=O)(=O)N1CCCC1. The zero-order valence-electron chi connectivity index (χ0n) is 9.32. The molecule has 7 nitrogen and oxygen atoms in total. The van der Waals surface area contributed by atoms with E-state index < -0.39 is 28.3 Å². The topological polar surface area (TPSA) is 98.1 Å². The molecule has 0 amide bonds. The highest BCUT2D eigenvalue weighted by molar-refractivity contribution is 7.86. The lowest BCUT2D eigenvalue weighted by Crippen LogP contribution is -2.47. The van der Waals surface area contributed by atoms with Crippen molar-refractivity contribution in [2.75, 3.05) is 19.6 Å². The monoisotopic (exact) mass is 264 g/mol. The largest absolute Gasteiger partial charge is 0.480 e. The molecule has 2 aliphatic heterocycles. The highest BCUT2D eigenvalue weighted by Crippen LogP contribution is 2.26. The summed E-state index contributed by atoms with van der Waals surface area (Å²) in [5, 5.41) is 18.4. The van der Waals surface area contributed by atoms with Gasteiger partial charge in [0.2, 0.25) is 0 Å². The molecule has 2 saturated heterocycles. The van der Waals surface area contributed by atoms with Gasteiger partial charge in [0, 0.05) is 26.1 Å². The Morgan fingerprint density at radius 2 is 1.82 bits per heavy atom. The first-order valence-electron chi connectivity index (χ1n) is 5.60. The summed E-state index contributed by atoms with van der Waals surface area (Å²) in [7, 11) is -3.74. The second-order valence-corrected chi connectivity index (χ2v) is 6.31. The number of aliphatic carboxylic acids is 1. The molecule has 2 rings (SSSR count). The summed E-state index contributed by atoms with van der Waals surface area (Å²) in [4.78, 5) is 11.0. The molecule has 0 spiro atoms. The zero-order chi connectivity index (χ0) is 12.6. The van der Waals surface area contributed by atoms with Crippen LogP contribution in [0.5, 0.6) is 0 Å². The molecule has 2 fully saturated rings. The standard InChI is InChI=1S/C9H16N2O5S/c12-7-5-8(9(13)14)11(6-7)17(15,16)10-3-1-2-4-10/h7-8,12H,1-6H2,(H,13,14)/t7?,8-/m0/s1. The summed E-state index contributed by atoms with van der Waals surface area (Å²) in [6.45, 7) is 0.734. The minimum atomic E-state index is -3.74. The molecule has 2 heterocycles. The number of carbonyl (C=O) groups is 1. The lowest BCUT2D eigenvalue weighted by Gasteiger charge is -2.26. The van der Waals surface area contributed by atoms with Crippen LogP contribution in [0.25, 0.3) is 0 Å². The molecule has 0 aromatic heterocycles. The van der Waals surface area contributed by atoms with Crippen molar-refractivity contribution < 1.29 is 23.4 Å². The molecular formula is C9H16N2O5S. The number of carboxylic acid groups (broad SMARTS) is 1. The number of hydrogen-bond acceptors (Lipinski definition) is 4. The number of hydrogen-bond donors (Lipinski definition) is 2. The van der Waals surface area contributed by atoms with Crippen LogP contribution in [-0.4, -0.2) is 65.0 Å². The van der Waals surface area contributed by atoms with Crippen molar-refractivity contribution in [2.45, 2.75) is 31.4 Å². The molecule has 0 aromatic rings. The fraction of sp³-hybridized carbons (Fsp3) is 0.889. The normalized spacial score (nSPS) is 32.1. The lowest BCUT2D eigenvalue weighted by atomic mass is 10.2. The van der Waals surface area contributed by atoms with Crippen LogP contribution in [0.2, 0.25) is 0 Å². The number of aliphatic hydroxyl groups is 1. The zero-order valence-corrected chi connectivity index (χ0v) is 10.1. The number of nitrogens with zero attached hydrogens (tertiary/aromatic N) is 2. The minimum absolute atomic E-state index is 0.0393. The van der Waals surface area contributed by atoms with Crippen molar-refractivity contribution in [3.63, 3.8) is 0 Å². The van der Waals surface area contributed by atoms with E-state index in [0.29, 0.717) is 13.1 Å². The first-order chi connectivity index (χ1) is 7.93. The lowest BCUT2D eigenvalue weighted by molar-refractivity contribution is -0.140. The van der Waals surface area contributed by atoms with Crippen LogP contribution in [-0.2, 0) is 15.0 Å². The Labute approximate surface area is 99.8 Å². The van der Waals surface area contributed by atoms with Crippen molar-refractivity contribution in [1.82, 2.24) is 8.61 Å². The van der Waals surface area contributed by atoms with Crippen LogP contribution >= 0.6 is 0 Å². The summed E-state index contributed by atoms with van der Waals surface area (Å²) >= 11 is 0. The number of aliphatic hydroxyl groups excluding tert-OH is 1. The van der Waals surface area contributed by atoms with E-state index in [1.54, 1.807) is 0 Å². The maximum absolute atomic E-state index is 12.2. The van der Waals surface area contributed by atoms with Gasteiger partial charge in [0.05, 0.1) is 6.10 Å². The Bertz CT molecular complexity index is 404. The van der Waals surface area contributed by atoms with E-state index in [9.17, 15) is 18.3 Å². The first kappa shape index (κ1) is 12.7. The van der Waals surface area contributed by atoms with Gasteiger partial charge in [-0.3, -0.25) is 4.79 Å². The summed E-state index contributed by atoms with van der Waals surface area (Å²) < 4.78 is 26.5. The molecule has 2 N–H and O–H groups in total. The summed E-state index contributed by atoms with van der Waals surface area (Å²) in [5.41, 5.74) is 0. The number of β-amino-alcohol motifs (C(OH)–C–C–N with tert-alkyl or cyclic N) is 1. The summed E-state index contributed by atoms with van der Waals surface area (Å²) in [5.74, 6) is -1.20. The van der Waals surface area contributed by atoms with Crippen LogP contribution in [0.3, 0.4) is 0 Å². The van der Waals surface area contributed by atoms with E-state index in [1.807, 2.05) is 0 Å². The maximum Gasteiger partial charge on any atom is 0.322 e. The van der Waals surface area contributed by atoms with Crippen LogP contribution in [0.1, 0.15) is 19.3 Å². The van der Waals surface area contributed by atoms with Crippen LogP contribution in [0, 0.1) is 0 Å². The van der Waals surface area contributed by atoms with Crippen molar-refractivity contribution in [3.05, 3.63) is 0 Å². The van der Waals surface area contributed by atoms with E-state index in [-0.39, 0.29) is 13.0 Å². The smallest absolute Gasteiger partial charge is 0.322 e. The van der Waals surface area contributed by atoms with Gasteiger partial charge >= 0.3 is 5.97 Å². The number of rotatable bonds is 3. The Morgan fingerprint density at radius 3 is 2.35 bits per heavy atom. The third kappa shape index (κ3) is 2.30. The van der Waals surface area contributed by atoms with Gasteiger partial charge in [-0.15, -0.1) is 0 Å². The van der Waals surface area contributed by atoms with Gasteiger partial charge in [0.1, 0.15) is 6.04 Å². The molecular weight excluding hydrogens is 248 g/mol. The minimum Gasteiger partial charge on any atom is -0.480 e. The molecule has 0 saturated carbocycles. The fourth-order valence-electron chi connectivity index (χ4n) is 2.33. The molecule has 2 aliphatic rings. The molecule has 0 bridgehead atoms. The molecule has 0 aliphatic carbocycles. The quantitative estimate of drug-likeness (QED) is 0.670. The van der Waals surface area contributed by atoms with Gasteiger partial charge in [0.15, 0.2) is 0 Å². The summed E-state index contributed by atoms with van der Waals surface area (Å²) in [6, 6.07) is -1.14. The van der Waals surface area contributed by atoms with Gasteiger partial charge in [-0.05, 0) is 12.8 Å². The highest BCUT2D eigenvalue weighted by atomic mass is 32.2. The van der Waals surface area contributed by atoms with E-state index in [0.717, 1.165) is 17.1 Å². The van der Waals surface area contributed by atoms with Crippen LogP contribution < -0.4 is 0 Å². The molecule has 8 heteroatoms. The van der Waals surface area contributed by atoms with Gasteiger partial charge in [0.25, 0.3) is 10.2 Å². The fourth-order valence-corrected chi connectivity index (χ4v) is 4.21. The Balaban J connectivity index is 2.22. The Hall–Kier alpha value is -0.700. The van der Waals surface area contributed by atoms with Gasteiger partial charge in [-0.1, -0.05) is 0 Å². The average molecular weight is 264 g/mol. The Kier molecular flexibility index (Phi) is 3.39. The third-order valence-electron chi connectivity index (χ3n) is 3.21. The van der Waals surface area contributed by atoms with E-state index in [1.165, 1.54) is 4.31 Å². The average Bonchev–Trinajstić information content (AvgIpc) is 2.84. The first-order valence-corrected chi connectivity index (χ1v) is 7.00. The van der Waals surface area contributed by atoms with Gasteiger partial charge in [-0.2, -0.15) is 17.0 Å².